The van der Waals surface area contributed by atoms with Gasteiger partial charge < -0.3 is 5.32 Å². The zero-order chi connectivity index (χ0) is 17.6. The molecular formula is C21H17F2NO. The van der Waals surface area contributed by atoms with Crippen molar-refractivity contribution < 1.29 is 13.6 Å². The summed E-state index contributed by atoms with van der Waals surface area (Å²) in [6.07, 6.45) is 0.549. The fourth-order valence-electron chi connectivity index (χ4n) is 2.70. The van der Waals surface area contributed by atoms with Crippen LogP contribution in [-0.2, 0) is 6.42 Å². The van der Waals surface area contributed by atoms with Gasteiger partial charge in [-0.1, -0.05) is 66.7 Å². The van der Waals surface area contributed by atoms with Crippen LogP contribution in [-0.4, -0.2) is 5.91 Å². The minimum Gasteiger partial charge on any atom is -0.345 e. The molecule has 0 bridgehead atoms. The van der Waals surface area contributed by atoms with E-state index in [1.54, 1.807) is 0 Å². The summed E-state index contributed by atoms with van der Waals surface area (Å²) in [4.78, 5) is 12.5. The summed E-state index contributed by atoms with van der Waals surface area (Å²) in [5, 5.41) is 2.82. The van der Waals surface area contributed by atoms with Crippen LogP contribution < -0.4 is 5.32 Å². The van der Waals surface area contributed by atoms with Crippen LogP contribution in [0.15, 0.2) is 78.9 Å². The van der Waals surface area contributed by atoms with Crippen molar-refractivity contribution in [3.63, 3.8) is 0 Å². The Balaban J connectivity index is 1.87. The Bertz CT molecular complexity index is 850. The third kappa shape index (κ3) is 4.10. The van der Waals surface area contributed by atoms with Gasteiger partial charge in [-0.3, -0.25) is 4.79 Å². The monoisotopic (exact) mass is 337 g/mol. The molecule has 126 valence electrons. The summed E-state index contributed by atoms with van der Waals surface area (Å²) in [5.74, 6) is -2.81. The molecule has 0 aliphatic rings. The van der Waals surface area contributed by atoms with E-state index in [0.29, 0.717) is 6.42 Å². The van der Waals surface area contributed by atoms with Gasteiger partial charge in [0, 0.05) is 0 Å². The van der Waals surface area contributed by atoms with E-state index in [-0.39, 0.29) is 11.6 Å². The molecule has 3 aromatic rings. The highest BCUT2D eigenvalue weighted by atomic mass is 19.2. The standard InChI is InChI=1S/C21H17F2NO/c22-18-13-7-12-17(20(18)23)21(25)24-19(16-10-5-2-6-11-16)14-15-8-3-1-4-9-15/h1-13,19H,14H2,(H,24,25). The largest absolute Gasteiger partial charge is 0.345 e. The quantitative estimate of drug-likeness (QED) is 0.720. The lowest BCUT2D eigenvalue weighted by Gasteiger charge is -2.20. The molecule has 0 fully saturated rings. The Morgan fingerprint density at radius 2 is 1.48 bits per heavy atom. The number of rotatable bonds is 5. The predicted octanol–water partition coefficient (Wildman–Crippen LogP) is 4.68. The highest BCUT2D eigenvalue weighted by Gasteiger charge is 2.20. The Labute approximate surface area is 145 Å². The van der Waals surface area contributed by atoms with Crippen LogP contribution in [0.25, 0.3) is 0 Å². The summed E-state index contributed by atoms with van der Waals surface area (Å²) in [6.45, 7) is 0. The number of amides is 1. The van der Waals surface area contributed by atoms with Gasteiger partial charge in [-0.05, 0) is 29.7 Å². The molecule has 1 unspecified atom stereocenters. The van der Waals surface area contributed by atoms with Crippen molar-refractivity contribution in [3.05, 3.63) is 107 Å². The maximum atomic E-state index is 13.9. The number of nitrogens with one attached hydrogen (secondary N) is 1. The second-order valence-electron chi connectivity index (χ2n) is 5.73. The molecule has 0 heterocycles. The zero-order valence-corrected chi connectivity index (χ0v) is 13.5. The highest BCUT2D eigenvalue weighted by molar-refractivity contribution is 5.94. The SMILES string of the molecule is O=C(NC(Cc1ccccc1)c1ccccc1)c1cccc(F)c1F. The number of halogens is 2. The van der Waals surface area contributed by atoms with Crippen LogP contribution in [0.3, 0.4) is 0 Å². The first-order chi connectivity index (χ1) is 12.1. The Kier molecular flexibility index (Phi) is 5.19. The molecule has 2 nitrogen and oxygen atoms in total. The molecule has 0 aliphatic carbocycles. The van der Waals surface area contributed by atoms with E-state index in [0.717, 1.165) is 17.2 Å². The molecule has 0 saturated heterocycles. The maximum absolute atomic E-state index is 13.9. The van der Waals surface area contributed by atoms with Gasteiger partial charge in [0.25, 0.3) is 5.91 Å². The first-order valence-corrected chi connectivity index (χ1v) is 7.99. The molecule has 0 aromatic heterocycles. The van der Waals surface area contributed by atoms with Crippen molar-refractivity contribution in [1.29, 1.82) is 0 Å². The number of carbonyl (C=O) groups excluding carboxylic acids is 1. The van der Waals surface area contributed by atoms with Gasteiger partial charge in [-0.15, -0.1) is 0 Å². The van der Waals surface area contributed by atoms with Crippen molar-refractivity contribution in [1.82, 2.24) is 5.32 Å². The Hall–Kier alpha value is -3.01. The van der Waals surface area contributed by atoms with E-state index >= 15 is 0 Å². The topological polar surface area (TPSA) is 29.1 Å². The van der Waals surface area contributed by atoms with E-state index in [9.17, 15) is 13.6 Å². The third-order valence-corrected chi connectivity index (χ3v) is 3.99. The maximum Gasteiger partial charge on any atom is 0.254 e. The highest BCUT2D eigenvalue weighted by Crippen LogP contribution is 2.20. The van der Waals surface area contributed by atoms with Crippen LogP contribution in [0.4, 0.5) is 8.78 Å². The molecule has 25 heavy (non-hydrogen) atoms. The van der Waals surface area contributed by atoms with Gasteiger partial charge in [-0.2, -0.15) is 0 Å². The fraction of sp³-hybridized carbons (Fsp3) is 0.0952. The summed E-state index contributed by atoms with van der Waals surface area (Å²) in [6, 6.07) is 22.4. The smallest absolute Gasteiger partial charge is 0.254 e. The van der Waals surface area contributed by atoms with Crippen molar-refractivity contribution >= 4 is 5.91 Å². The van der Waals surface area contributed by atoms with Gasteiger partial charge in [-0.25, -0.2) is 8.78 Å². The second kappa shape index (κ2) is 7.71. The Morgan fingerprint density at radius 3 is 2.16 bits per heavy atom. The molecule has 1 atom stereocenters. The van der Waals surface area contributed by atoms with Crippen molar-refractivity contribution in [2.45, 2.75) is 12.5 Å². The van der Waals surface area contributed by atoms with Crippen molar-refractivity contribution in [2.24, 2.45) is 0 Å². The molecule has 0 aliphatic heterocycles. The number of hydrogen-bond donors (Lipinski definition) is 1. The molecule has 1 N–H and O–H groups in total. The molecule has 4 heteroatoms. The van der Waals surface area contributed by atoms with Gasteiger partial charge in [0.15, 0.2) is 11.6 Å². The van der Waals surface area contributed by atoms with E-state index < -0.39 is 17.5 Å². The van der Waals surface area contributed by atoms with E-state index in [1.165, 1.54) is 12.1 Å². The Morgan fingerprint density at radius 1 is 0.840 bits per heavy atom. The molecule has 1 amide bonds. The fourth-order valence-corrected chi connectivity index (χ4v) is 2.70. The number of benzene rings is 3. The molecule has 3 aromatic carbocycles. The third-order valence-electron chi connectivity index (χ3n) is 3.99. The van der Waals surface area contributed by atoms with Gasteiger partial charge in [0.2, 0.25) is 0 Å². The average molecular weight is 337 g/mol. The van der Waals surface area contributed by atoms with Crippen LogP contribution in [0.1, 0.15) is 27.5 Å². The molecule has 0 saturated carbocycles. The first-order valence-electron chi connectivity index (χ1n) is 7.99. The van der Waals surface area contributed by atoms with Crippen LogP contribution in [0.2, 0.25) is 0 Å². The summed E-state index contributed by atoms with van der Waals surface area (Å²) in [5.41, 5.74) is 1.64. The lowest BCUT2D eigenvalue weighted by Crippen LogP contribution is -2.30. The zero-order valence-electron chi connectivity index (χ0n) is 13.5. The number of hydrogen-bond acceptors (Lipinski definition) is 1. The molecule has 0 spiro atoms. The average Bonchev–Trinajstić information content (AvgIpc) is 2.65. The van der Waals surface area contributed by atoms with Crippen molar-refractivity contribution in [2.75, 3.05) is 0 Å². The van der Waals surface area contributed by atoms with Crippen LogP contribution >= 0.6 is 0 Å². The first kappa shape index (κ1) is 16.8. The van der Waals surface area contributed by atoms with E-state index in [2.05, 4.69) is 5.32 Å². The van der Waals surface area contributed by atoms with E-state index in [4.69, 9.17) is 0 Å². The number of carbonyl (C=O) groups is 1. The summed E-state index contributed by atoms with van der Waals surface area (Å²) < 4.78 is 27.3. The normalized spacial score (nSPS) is 11.8. The van der Waals surface area contributed by atoms with Gasteiger partial charge in [0.05, 0.1) is 11.6 Å². The minimum absolute atomic E-state index is 0.297. The van der Waals surface area contributed by atoms with Crippen LogP contribution in [0, 0.1) is 11.6 Å². The van der Waals surface area contributed by atoms with E-state index in [1.807, 2.05) is 60.7 Å². The van der Waals surface area contributed by atoms with Gasteiger partial charge >= 0.3 is 0 Å². The summed E-state index contributed by atoms with van der Waals surface area (Å²) >= 11 is 0. The lowest BCUT2D eigenvalue weighted by molar-refractivity contribution is 0.0931. The van der Waals surface area contributed by atoms with Crippen LogP contribution in [0.5, 0.6) is 0 Å². The lowest BCUT2D eigenvalue weighted by atomic mass is 9.98. The molecule has 3 rings (SSSR count). The predicted molar refractivity (Wildman–Crippen MR) is 93.2 cm³/mol. The minimum atomic E-state index is -1.13. The summed E-state index contributed by atoms with van der Waals surface area (Å²) in [7, 11) is 0. The molecule has 0 radical (unpaired) electrons. The van der Waals surface area contributed by atoms with Crippen molar-refractivity contribution in [3.8, 4) is 0 Å². The van der Waals surface area contributed by atoms with Gasteiger partial charge in [0.1, 0.15) is 0 Å². The molecular weight excluding hydrogens is 320 g/mol. The second-order valence-corrected chi connectivity index (χ2v) is 5.73.